The minimum absolute atomic E-state index is 0.473. The summed E-state index contributed by atoms with van der Waals surface area (Å²) < 4.78 is 5.90. The molecule has 0 N–H and O–H groups in total. The summed E-state index contributed by atoms with van der Waals surface area (Å²) in [6.45, 7) is 5.39. The van der Waals surface area contributed by atoms with E-state index in [1.54, 1.807) is 0 Å². The fraction of sp³-hybridized carbons (Fsp3) is 1.00. The van der Waals surface area contributed by atoms with Gasteiger partial charge >= 0.3 is 0 Å². The maximum atomic E-state index is 5.41. The normalized spacial score (nSPS) is 45.0. The van der Waals surface area contributed by atoms with Crippen molar-refractivity contribution in [3.8, 4) is 0 Å². The highest BCUT2D eigenvalue weighted by atomic mass is 127. The fourth-order valence-corrected chi connectivity index (χ4v) is 2.07. The van der Waals surface area contributed by atoms with Crippen molar-refractivity contribution >= 4 is 22.6 Å². The lowest BCUT2D eigenvalue weighted by atomic mass is 9.99. The first-order chi connectivity index (χ1) is 4.10. The van der Waals surface area contributed by atoms with Gasteiger partial charge in [-0.15, -0.1) is 0 Å². The van der Waals surface area contributed by atoms with Crippen molar-refractivity contribution in [1.29, 1.82) is 0 Å². The van der Waals surface area contributed by atoms with Crippen LogP contribution in [0.25, 0.3) is 0 Å². The smallest absolute Gasteiger partial charge is 0.0559 e. The van der Waals surface area contributed by atoms with Crippen LogP contribution in [-0.2, 0) is 4.74 Å². The Hall–Kier alpha value is 0.690. The summed E-state index contributed by atoms with van der Waals surface area (Å²) in [5.74, 6) is 0. The van der Waals surface area contributed by atoms with Gasteiger partial charge in [0, 0.05) is 10.0 Å². The van der Waals surface area contributed by atoms with Crippen molar-refractivity contribution in [2.24, 2.45) is 0 Å². The van der Waals surface area contributed by atoms with E-state index >= 15 is 0 Å². The molecule has 0 saturated carbocycles. The lowest BCUT2D eigenvalue weighted by molar-refractivity contribution is 0.0188. The second kappa shape index (κ2) is 2.74. The second-order valence-corrected chi connectivity index (χ2v) is 5.65. The number of ether oxygens (including phenoxy) is 1. The Balaban J connectivity index is 2.41. The van der Waals surface area contributed by atoms with Crippen molar-refractivity contribution in [1.82, 2.24) is 0 Å². The van der Waals surface area contributed by atoms with Gasteiger partial charge in [-0.1, -0.05) is 29.5 Å². The van der Waals surface area contributed by atoms with Crippen LogP contribution < -0.4 is 0 Å². The van der Waals surface area contributed by atoms with Crippen molar-refractivity contribution in [3.05, 3.63) is 0 Å². The van der Waals surface area contributed by atoms with E-state index in [4.69, 9.17) is 4.74 Å². The van der Waals surface area contributed by atoms with Crippen LogP contribution in [0.5, 0.6) is 0 Å². The van der Waals surface area contributed by atoms with Crippen LogP contribution in [0.3, 0.4) is 0 Å². The summed E-state index contributed by atoms with van der Waals surface area (Å²) >= 11 is 2.53. The van der Waals surface area contributed by atoms with E-state index < -0.39 is 0 Å². The van der Waals surface area contributed by atoms with Crippen LogP contribution in [0.4, 0.5) is 0 Å². The molecule has 2 atom stereocenters. The molecule has 1 nitrogen and oxygen atoms in total. The average Bonchev–Trinajstić information content (AvgIpc) is 1.60. The SMILES string of the molecule is C[C@H]1CC(C)(I)CCO1. The Kier molecular flexibility index (Phi) is 2.37. The fourth-order valence-electron chi connectivity index (χ4n) is 1.23. The molecular weight excluding hydrogens is 227 g/mol. The molecule has 0 aliphatic carbocycles. The summed E-state index contributed by atoms with van der Waals surface area (Å²) in [6, 6.07) is 0. The summed E-state index contributed by atoms with van der Waals surface area (Å²) in [5, 5.41) is 0. The molecule has 1 saturated heterocycles. The lowest BCUT2D eigenvalue weighted by Gasteiger charge is -2.31. The third-order valence-electron chi connectivity index (χ3n) is 1.74. The van der Waals surface area contributed by atoms with Gasteiger partial charge in [-0.05, 0) is 19.8 Å². The van der Waals surface area contributed by atoms with Gasteiger partial charge < -0.3 is 4.74 Å². The number of hydrogen-bond donors (Lipinski definition) is 0. The molecule has 0 radical (unpaired) electrons. The average molecular weight is 240 g/mol. The summed E-state index contributed by atoms with van der Waals surface area (Å²) in [4.78, 5) is 0. The highest BCUT2D eigenvalue weighted by Crippen LogP contribution is 2.32. The Morgan fingerprint density at radius 1 is 1.67 bits per heavy atom. The Morgan fingerprint density at radius 3 is 2.67 bits per heavy atom. The molecule has 1 aliphatic rings. The van der Waals surface area contributed by atoms with Crippen LogP contribution in [0.2, 0.25) is 0 Å². The van der Waals surface area contributed by atoms with E-state index in [1.807, 2.05) is 0 Å². The van der Waals surface area contributed by atoms with Crippen molar-refractivity contribution in [3.63, 3.8) is 0 Å². The maximum Gasteiger partial charge on any atom is 0.0559 e. The molecule has 1 aliphatic heterocycles. The predicted molar refractivity (Wildman–Crippen MR) is 47.1 cm³/mol. The number of halogens is 1. The van der Waals surface area contributed by atoms with E-state index in [2.05, 4.69) is 36.4 Å². The third-order valence-corrected chi connectivity index (χ3v) is 2.72. The molecule has 54 valence electrons. The standard InChI is InChI=1S/C7H13IO/c1-6-5-7(2,8)3-4-9-6/h6H,3-5H2,1-2H3/t6-,7?/m0/s1. The first-order valence-corrected chi connectivity index (χ1v) is 4.48. The highest BCUT2D eigenvalue weighted by molar-refractivity contribution is 14.1. The van der Waals surface area contributed by atoms with Gasteiger partial charge in [0.1, 0.15) is 0 Å². The van der Waals surface area contributed by atoms with E-state index in [-0.39, 0.29) is 0 Å². The van der Waals surface area contributed by atoms with E-state index in [0.29, 0.717) is 9.53 Å². The molecule has 9 heavy (non-hydrogen) atoms. The molecule has 0 aromatic carbocycles. The van der Waals surface area contributed by atoms with Crippen LogP contribution in [0, 0.1) is 0 Å². The molecule has 0 aromatic rings. The van der Waals surface area contributed by atoms with Crippen LogP contribution >= 0.6 is 22.6 Å². The summed E-state index contributed by atoms with van der Waals surface area (Å²) in [6.07, 6.45) is 2.88. The molecule has 1 heterocycles. The Labute approximate surface area is 70.3 Å². The highest BCUT2D eigenvalue weighted by Gasteiger charge is 2.27. The summed E-state index contributed by atoms with van der Waals surface area (Å²) in [7, 11) is 0. The molecule has 2 heteroatoms. The molecule has 0 amide bonds. The summed E-state index contributed by atoms with van der Waals surface area (Å²) in [5.41, 5.74) is 0. The quantitative estimate of drug-likeness (QED) is 0.466. The minimum Gasteiger partial charge on any atom is -0.378 e. The molecule has 1 rings (SSSR count). The number of rotatable bonds is 0. The molecule has 0 bridgehead atoms. The lowest BCUT2D eigenvalue weighted by Crippen LogP contribution is -2.31. The van der Waals surface area contributed by atoms with E-state index in [1.165, 1.54) is 12.8 Å². The zero-order valence-electron chi connectivity index (χ0n) is 5.98. The van der Waals surface area contributed by atoms with Crippen molar-refractivity contribution in [2.45, 2.75) is 36.2 Å². The predicted octanol–water partition coefficient (Wildman–Crippen LogP) is 2.38. The maximum absolute atomic E-state index is 5.41. The topological polar surface area (TPSA) is 9.23 Å². The third kappa shape index (κ3) is 2.42. The van der Waals surface area contributed by atoms with Gasteiger partial charge in [-0.3, -0.25) is 0 Å². The zero-order valence-corrected chi connectivity index (χ0v) is 8.14. The number of hydrogen-bond acceptors (Lipinski definition) is 1. The van der Waals surface area contributed by atoms with Gasteiger partial charge in [0.25, 0.3) is 0 Å². The molecule has 0 spiro atoms. The first kappa shape index (κ1) is 7.79. The molecule has 1 fully saturated rings. The Bertz CT molecular complexity index is 101. The second-order valence-electron chi connectivity index (χ2n) is 3.05. The first-order valence-electron chi connectivity index (χ1n) is 3.41. The Morgan fingerprint density at radius 2 is 2.33 bits per heavy atom. The van der Waals surface area contributed by atoms with Crippen LogP contribution in [-0.4, -0.2) is 16.1 Å². The van der Waals surface area contributed by atoms with Crippen molar-refractivity contribution in [2.75, 3.05) is 6.61 Å². The van der Waals surface area contributed by atoms with Gasteiger partial charge in [-0.25, -0.2) is 0 Å². The molecule has 0 aromatic heterocycles. The van der Waals surface area contributed by atoms with Gasteiger partial charge in [0.15, 0.2) is 0 Å². The largest absolute Gasteiger partial charge is 0.378 e. The van der Waals surface area contributed by atoms with Gasteiger partial charge in [0.2, 0.25) is 0 Å². The monoisotopic (exact) mass is 240 g/mol. The molecular formula is C7H13IO. The van der Waals surface area contributed by atoms with Crippen LogP contribution in [0.1, 0.15) is 26.7 Å². The molecule has 1 unspecified atom stereocenters. The van der Waals surface area contributed by atoms with E-state index in [9.17, 15) is 0 Å². The zero-order chi connectivity index (χ0) is 6.91. The van der Waals surface area contributed by atoms with Gasteiger partial charge in [0.05, 0.1) is 6.10 Å². The number of alkyl halides is 1. The van der Waals surface area contributed by atoms with Crippen molar-refractivity contribution < 1.29 is 4.74 Å². The van der Waals surface area contributed by atoms with Crippen LogP contribution in [0.15, 0.2) is 0 Å². The van der Waals surface area contributed by atoms with Gasteiger partial charge in [-0.2, -0.15) is 0 Å². The van der Waals surface area contributed by atoms with E-state index in [0.717, 1.165) is 6.61 Å². The minimum atomic E-state index is 0.473.